The second kappa shape index (κ2) is 3.39. The number of hydrogen-bond acceptors (Lipinski definition) is 3. The predicted molar refractivity (Wildman–Crippen MR) is 61.9 cm³/mol. The van der Waals surface area contributed by atoms with E-state index in [-0.39, 0.29) is 6.04 Å². The quantitative estimate of drug-likeness (QED) is 0.727. The van der Waals surface area contributed by atoms with E-state index in [1.165, 1.54) is 11.1 Å². The van der Waals surface area contributed by atoms with E-state index in [0.29, 0.717) is 25.0 Å². The molecule has 3 rings (SSSR count). The summed E-state index contributed by atoms with van der Waals surface area (Å²) < 4.78 is 11.2. The molecule has 16 heavy (non-hydrogen) atoms. The second-order valence-electron chi connectivity index (χ2n) is 4.80. The summed E-state index contributed by atoms with van der Waals surface area (Å²) in [5.74, 6) is 2.71. The zero-order valence-corrected chi connectivity index (χ0v) is 9.69. The SMILES string of the molecule is CC1c2cc3c(cc2C(N)C1C)OCCO3. The fourth-order valence-corrected chi connectivity index (χ4v) is 2.68. The van der Waals surface area contributed by atoms with E-state index in [1.807, 2.05) is 0 Å². The van der Waals surface area contributed by atoms with Gasteiger partial charge in [0.25, 0.3) is 0 Å². The summed E-state index contributed by atoms with van der Waals surface area (Å²) in [4.78, 5) is 0. The predicted octanol–water partition coefficient (Wildman–Crippen LogP) is 2.21. The molecule has 3 nitrogen and oxygen atoms in total. The van der Waals surface area contributed by atoms with Crippen LogP contribution in [0.1, 0.15) is 36.9 Å². The highest BCUT2D eigenvalue weighted by Gasteiger charge is 2.34. The van der Waals surface area contributed by atoms with Crippen LogP contribution in [0.5, 0.6) is 11.5 Å². The molecule has 2 N–H and O–H groups in total. The van der Waals surface area contributed by atoms with Gasteiger partial charge in [-0.15, -0.1) is 0 Å². The molecule has 3 atom stereocenters. The van der Waals surface area contributed by atoms with Gasteiger partial charge >= 0.3 is 0 Å². The van der Waals surface area contributed by atoms with E-state index in [9.17, 15) is 0 Å². The van der Waals surface area contributed by atoms with Gasteiger partial charge in [0.1, 0.15) is 13.2 Å². The molecule has 1 aromatic carbocycles. The van der Waals surface area contributed by atoms with Crippen molar-refractivity contribution in [3.63, 3.8) is 0 Å². The molecular formula is C13H17NO2. The molecule has 0 bridgehead atoms. The van der Waals surface area contributed by atoms with Crippen molar-refractivity contribution in [1.82, 2.24) is 0 Å². The zero-order valence-electron chi connectivity index (χ0n) is 9.69. The first-order chi connectivity index (χ1) is 7.68. The summed E-state index contributed by atoms with van der Waals surface area (Å²) in [6, 6.07) is 4.30. The molecule has 2 aliphatic rings. The molecule has 0 saturated heterocycles. The van der Waals surface area contributed by atoms with Crippen LogP contribution < -0.4 is 15.2 Å². The average Bonchev–Trinajstić information content (AvgIpc) is 2.52. The first-order valence-corrected chi connectivity index (χ1v) is 5.87. The van der Waals surface area contributed by atoms with Crippen molar-refractivity contribution in [2.24, 2.45) is 11.7 Å². The Bertz CT molecular complexity index is 391. The topological polar surface area (TPSA) is 44.5 Å². The smallest absolute Gasteiger partial charge is 0.161 e. The van der Waals surface area contributed by atoms with E-state index < -0.39 is 0 Å². The van der Waals surface area contributed by atoms with Crippen molar-refractivity contribution in [1.29, 1.82) is 0 Å². The lowest BCUT2D eigenvalue weighted by molar-refractivity contribution is 0.171. The van der Waals surface area contributed by atoms with E-state index >= 15 is 0 Å². The Hall–Kier alpha value is -1.22. The fraction of sp³-hybridized carbons (Fsp3) is 0.538. The highest BCUT2D eigenvalue weighted by molar-refractivity contribution is 5.52. The van der Waals surface area contributed by atoms with Crippen molar-refractivity contribution >= 4 is 0 Å². The molecule has 0 fully saturated rings. The van der Waals surface area contributed by atoms with Crippen LogP contribution in [0.3, 0.4) is 0 Å². The highest BCUT2D eigenvalue weighted by atomic mass is 16.6. The number of fused-ring (bicyclic) bond motifs is 2. The molecule has 0 amide bonds. The second-order valence-corrected chi connectivity index (χ2v) is 4.80. The zero-order chi connectivity index (χ0) is 11.3. The minimum absolute atomic E-state index is 0.126. The summed E-state index contributed by atoms with van der Waals surface area (Å²) in [5, 5.41) is 0. The van der Waals surface area contributed by atoms with Crippen molar-refractivity contribution in [2.75, 3.05) is 13.2 Å². The minimum atomic E-state index is 0.126. The molecule has 1 heterocycles. The number of benzene rings is 1. The van der Waals surface area contributed by atoms with E-state index in [1.54, 1.807) is 0 Å². The summed E-state index contributed by atoms with van der Waals surface area (Å²) in [7, 11) is 0. The van der Waals surface area contributed by atoms with Gasteiger partial charge in [0.15, 0.2) is 11.5 Å². The molecule has 0 saturated carbocycles. The Kier molecular flexibility index (Phi) is 2.11. The van der Waals surface area contributed by atoms with Crippen LogP contribution in [0.15, 0.2) is 12.1 Å². The Labute approximate surface area is 95.5 Å². The normalized spacial score (nSPS) is 31.3. The first-order valence-electron chi connectivity index (χ1n) is 5.87. The van der Waals surface area contributed by atoms with Gasteiger partial charge in [0.2, 0.25) is 0 Å². The molecule has 3 unspecified atom stereocenters. The summed E-state index contributed by atoms with van der Waals surface area (Å²) >= 11 is 0. The Morgan fingerprint density at radius 3 is 2.25 bits per heavy atom. The maximum atomic E-state index is 6.22. The van der Waals surface area contributed by atoms with Gasteiger partial charge in [-0.3, -0.25) is 0 Å². The molecule has 86 valence electrons. The summed E-state index contributed by atoms with van der Waals surface area (Å²) in [5.41, 5.74) is 8.77. The van der Waals surface area contributed by atoms with Gasteiger partial charge in [-0.05, 0) is 35.1 Å². The van der Waals surface area contributed by atoms with Gasteiger partial charge in [-0.25, -0.2) is 0 Å². The average molecular weight is 219 g/mol. The third-order valence-electron chi connectivity index (χ3n) is 3.95. The fourth-order valence-electron chi connectivity index (χ4n) is 2.68. The lowest BCUT2D eigenvalue weighted by Crippen LogP contribution is -2.17. The van der Waals surface area contributed by atoms with Crippen LogP contribution in [0.2, 0.25) is 0 Å². The number of ether oxygens (including phenoxy) is 2. The van der Waals surface area contributed by atoms with Crippen LogP contribution in [-0.4, -0.2) is 13.2 Å². The summed E-state index contributed by atoms with van der Waals surface area (Å²) in [6.45, 7) is 5.70. The molecule has 3 heteroatoms. The lowest BCUT2D eigenvalue weighted by atomic mass is 9.95. The van der Waals surface area contributed by atoms with E-state index in [2.05, 4.69) is 26.0 Å². The van der Waals surface area contributed by atoms with Crippen molar-refractivity contribution in [2.45, 2.75) is 25.8 Å². The maximum absolute atomic E-state index is 6.22. The molecule has 1 aliphatic carbocycles. The largest absolute Gasteiger partial charge is 0.486 e. The monoisotopic (exact) mass is 219 g/mol. The van der Waals surface area contributed by atoms with Crippen molar-refractivity contribution in [3.8, 4) is 11.5 Å². The van der Waals surface area contributed by atoms with E-state index in [4.69, 9.17) is 15.2 Å². The number of nitrogens with two attached hydrogens (primary N) is 1. The molecular weight excluding hydrogens is 202 g/mol. The Balaban J connectivity index is 2.12. The molecule has 0 aromatic heterocycles. The Morgan fingerprint density at radius 2 is 1.62 bits per heavy atom. The Morgan fingerprint density at radius 1 is 1.06 bits per heavy atom. The molecule has 1 aliphatic heterocycles. The minimum Gasteiger partial charge on any atom is -0.486 e. The van der Waals surface area contributed by atoms with Gasteiger partial charge in [0, 0.05) is 6.04 Å². The maximum Gasteiger partial charge on any atom is 0.161 e. The van der Waals surface area contributed by atoms with Crippen LogP contribution in [0.25, 0.3) is 0 Å². The van der Waals surface area contributed by atoms with Crippen LogP contribution >= 0.6 is 0 Å². The van der Waals surface area contributed by atoms with Crippen LogP contribution in [-0.2, 0) is 0 Å². The summed E-state index contributed by atoms with van der Waals surface area (Å²) in [6.07, 6.45) is 0. The van der Waals surface area contributed by atoms with Gasteiger partial charge in [0.05, 0.1) is 0 Å². The van der Waals surface area contributed by atoms with E-state index in [0.717, 1.165) is 11.5 Å². The highest BCUT2D eigenvalue weighted by Crippen LogP contribution is 2.47. The van der Waals surface area contributed by atoms with Crippen molar-refractivity contribution < 1.29 is 9.47 Å². The van der Waals surface area contributed by atoms with Crippen LogP contribution in [0, 0.1) is 5.92 Å². The lowest BCUT2D eigenvalue weighted by Gasteiger charge is -2.20. The molecule has 0 spiro atoms. The first kappa shape index (κ1) is 9.97. The van der Waals surface area contributed by atoms with Gasteiger partial charge in [-0.2, -0.15) is 0 Å². The standard InChI is InChI=1S/C13H17NO2/c1-7-8(2)13(14)10-6-12-11(5-9(7)10)15-3-4-16-12/h5-8,13H,3-4,14H2,1-2H3. The van der Waals surface area contributed by atoms with Gasteiger partial charge in [-0.1, -0.05) is 13.8 Å². The molecule has 1 aromatic rings. The molecule has 0 radical (unpaired) electrons. The third-order valence-corrected chi connectivity index (χ3v) is 3.95. The number of rotatable bonds is 0. The number of hydrogen-bond donors (Lipinski definition) is 1. The third kappa shape index (κ3) is 1.24. The van der Waals surface area contributed by atoms with Gasteiger partial charge < -0.3 is 15.2 Å². The van der Waals surface area contributed by atoms with Crippen molar-refractivity contribution in [3.05, 3.63) is 23.3 Å². The van der Waals surface area contributed by atoms with Crippen LogP contribution in [0.4, 0.5) is 0 Å².